The molecule has 1 aromatic heterocycles. The summed E-state index contributed by atoms with van der Waals surface area (Å²) in [6, 6.07) is 3.78. The van der Waals surface area contributed by atoms with E-state index in [-0.39, 0.29) is 6.04 Å². The van der Waals surface area contributed by atoms with Crippen molar-refractivity contribution in [2.75, 3.05) is 13.6 Å². The van der Waals surface area contributed by atoms with E-state index in [1.54, 1.807) is 12.4 Å². The lowest BCUT2D eigenvalue weighted by atomic mass is 9.96. The highest BCUT2D eigenvalue weighted by Gasteiger charge is 2.28. The molecule has 74 valence electrons. The van der Waals surface area contributed by atoms with Gasteiger partial charge in [-0.15, -0.1) is 0 Å². The first-order valence-corrected chi connectivity index (χ1v) is 4.92. The van der Waals surface area contributed by atoms with Gasteiger partial charge < -0.3 is 0 Å². The average Bonchev–Trinajstić information content (AvgIpc) is 2.19. The molecule has 3 nitrogen and oxygen atoms in total. The minimum absolute atomic E-state index is 0.0718. The first-order valence-electron chi connectivity index (χ1n) is 4.92. The van der Waals surface area contributed by atoms with Crippen LogP contribution < -0.4 is 0 Å². The minimum atomic E-state index is -0.0718. The van der Waals surface area contributed by atoms with Crippen LogP contribution in [0.5, 0.6) is 0 Å². The summed E-state index contributed by atoms with van der Waals surface area (Å²) in [6.07, 6.45) is 5.19. The van der Waals surface area contributed by atoms with Crippen molar-refractivity contribution < 1.29 is 4.79 Å². The largest absolute Gasteiger partial charge is 0.298 e. The van der Waals surface area contributed by atoms with Crippen LogP contribution in [0.2, 0.25) is 0 Å². The number of Topliss-reactive ketones (excluding diaryl/α,β-unsaturated/α-hetero) is 1. The molecule has 14 heavy (non-hydrogen) atoms. The van der Waals surface area contributed by atoms with E-state index in [9.17, 15) is 4.79 Å². The molecule has 0 saturated carbocycles. The topological polar surface area (TPSA) is 33.2 Å². The van der Waals surface area contributed by atoms with Crippen LogP contribution in [0.1, 0.15) is 24.4 Å². The Labute approximate surface area is 83.8 Å². The number of hydrogen-bond acceptors (Lipinski definition) is 3. The van der Waals surface area contributed by atoms with Gasteiger partial charge in [-0.2, -0.15) is 0 Å². The van der Waals surface area contributed by atoms with Gasteiger partial charge in [0.05, 0.1) is 6.04 Å². The Morgan fingerprint density at radius 2 is 2.43 bits per heavy atom. The van der Waals surface area contributed by atoms with Crippen molar-refractivity contribution in [3.63, 3.8) is 0 Å². The van der Waals surface area contributed by atoms with Crippen molar-refractivity contribution in [2.45, 2.75) is 18.9 Å². The summed E-state index contributed by atoms with van der Waals surface area (Å²) >= 11 is 0. The molecule has 0 radical (unpaired) electrons. The quantitative estimate of drug-likeness (QED) is 0.671. The average molecular weight is 190 g/mol. The molecule has 0 bridgehead atoms. The molecule has 1 fully saturated rings. The number of likely N-dealkylation sites (N-methyl/N-ethyl adjacent to an activating group) is 1. The van der Waals surface area contributed by atoms with E-state index in [1.807, 2.05) is 19.2 Å². The number of hydrogen-bond donors (Lipinski definition) is 0. The zero-order valence-electron chi connectivity index (χ0n) is 8.31. The van der Waals surface area contributed by atoms with Gasteiger partial charge in [-0.3, -0.25) is 14.7 Å². The first-order chi connectivity index (χ1) is 6.79. The van der Waals surface area contributed by atoms with Crippen LogP contribution in [0.25, 0.3) is 0 Å². The highest BCUT2D eigenvalue weighted by molar-refractivity contribution is 5.85. The standard InChI is InChI=1S/C11H14N2O/c1-13-7-3-5-10(14)11(13)9-4-2-6-12-8-9/h2,4,6,8,11H,3,5,7H2,1H3. The van der Waals surface area contributed by atoms with Crippen molar-refractivity contribution in [1.82, 2.24) is 9.88 Å². The van der Waals surface area contributed by atoms with Crippen molar-refractivity contribution in [1.29, 1.82) is 0 Å². The molecule has 1 aliphatic rings. The van der Waals surface area contributed by atoms with Gasteiger partial charge in [-0.25, -0.2) is 0 Å². The van der Waals surface area contributed by atoms with E-state index in [0.29, 0.717) is 12.2 Å². The zero-order chi connectivity index (χ0) is 9.97. The van der Waals surface area contributed by atoms with Gasteiger partial charge in [0.15, 0.2) is 5.78 Å². The normalized spacial score (nSPS) is 23.8. The lowest BCUT2D eigenvalue weighted by molar-refractivity contribution is -0.126. The fourth-order valence-corrected chi connectivity index (χ4v) is 1.99. The van der Waals surface area contributed by atoms with Crippen LogP contribution >= 0.6 is 0 Å². The second-order valence-electron chi connectivity index (χ2n) is 3.74. The second-order valence-corrected chi connectivity index (χ2v) is 3.74. The lowest BCUT2D eigenvalue weighted by Crippen LogP contribution is -2.36. The van der Waals surface area contributed by atoms with Crippen LogP contribution in [0.3, 0.4) is 0 Å². The van der Waals surface area contributed by atoms with Crippen LogP contribution in [0.4, 0.5) is 0 Å². The third kappa shape index (κ3) is 1.68. The number of piperidine rings is 1. The maximum atomic E-state index is 11.7. The maximum Gasteiger partial charge on any atom is 0.154 e. The van der Waals surface area contributed by atoms with E-state index in [4.69, 9.17) is 0 Å². The molecule has 0 N–H and O–H groups in total. The number of ketones is 1. The minimum Gasteiger partial charge on any atom is -0.298 e. The van der Waals surface area contributed by atoms with Gasteiger partial charge in [0, 0.05) is 18.8 Å². The number of carbonyl (C=O) groups is 1. The molecule has 0 spiro atoms. The van der Waals surface area contributed by atoms with Gasteiger partial charge >= 0.3 is 0 Å². The van der Waals surface area contributed by atoms with Crippen molar-refractivity contribution >= 4 is 5.78 Å². The molecule has 3 heteroatoms. The molecule has 0 aromatic carbocycles. The SMILES string of the molecule is CN1CCCC(=O)C1c1cccnc1. The Bertz CT molecular complexity index is 323. The van der Waals surface area contributed by atoms with Crippen molar-refractivity contribution in [3.8, 4) is 0 Å². The summed E-state index contributed by atoms with van der Waals surface area (Å²) in [6.45, 7) is 0.991. The molecular weight excluding hydrogens is 176 g/mol. The van der Waals surface area contributed by atoms with E-state index >= 15 is 0 Å². The Morgan fingerprint density at radius 3 is 3.07 bits per heavy atom. The molecule has 2 rings (SSSR count). The predicted molar refractivity (Wildman–Crippen MR) is 53.8 cm³/mol. The molecule has 0 aliphatic carbocycles. The van der Waals surface area contributed by atoms with Gasteiger partial charge in [-0.1, -0.05) is 6.07 Å². The molecule has 1 saturated heterocycles. The lowest BCUT2D eigenvalue weighted by Gasteiger charge is -2.31. The predicted octanol–water partition coefficient (Wildman–Crippen LogP) is 1.42. The highest BCUT2D eigenvalue weighted by atomic mass is 16.1. The number of likely N-dealkylation sites (tertiary alicyclic amines) is 1. The number of aromatic nitrogens is 1. The summed E-state index contributed by atoms with van der Waals surface area (Å²) in [5, 5.41) is 0. The smallest absolute Gasteiger partial charge is 0.154 e. The summed E-state index contributed by atoms with van der Waals surface area (Å²) in [7, 11) is 1.99. The Kier molecular flexibility index (Phi) is 2.59. The molecule has 1 atom stereocenters. The van der Waals surface area contributed by atoms with Gasteiger partial charge in [0.2, 0.25) is 0 Å². The van der Waals surface area contributed by atoms with Gasteiger partial charge in [0.1, 0.15) is 0 Å². The van der Waals surface area contributed by atoms with Crippen molar-refractivity contribution in [3.05, 3.63) is 30.1 Å². The summed E-state index contributed by atoms with van der Waals surface area (Å²) in [4.78, 5) is 17.9. The molecule has 0 amide bonds. The Balaban J connectivity index is 2.27. The zero-order valence-corrected chi connectivity index (χ0v) is 8.31. The fraction of sp³-hybridized carbons (Fsp3) is 0.455. The summed E-state index contributed by atoms with van der Waals surface area (Å²) < 4.78 is 0. The number of pyridine rings is 1. The second kappa shape index (κ2) is 3.88. The van der Waals surface area contributed by atoms with Gasteiger partial charge in [0.25, 0.3) is 0 Å². The van der Waals surface area contributed by atoms with Gasteiger partial charge in [-0.05, 0) is 31.6 Å². The molecule has 1 aromatic rings. The van der Waals surface area contributed by atoms with E-state index in [2.05, 4.69) is 9.88 Å². The fourth-order valence-electron chi connectivity index (χ4n) is 1.99. The first kappa shape index (κ1) is 9.34. The highest BCUT2D eigenvalue weighted by Crippen LogP contribution is 2.25. The van der Waals surface area contributed by atoms with Crippen molar-refractivity contribution in [2.24, 2.45) is 0 Å². The maximum absolute atomic E-state index is 11.7. The molecular formula is C11H14N2O. The monoisotopic (exact) mass is 190 g/mol. The number of nitrogens with zero attached hydrogens (tertiary/aromatic N) is 2. The van der Waals surface area contributed by atoms with Crippen LogP contribution in [-0.4, -0.2) is 29.3 Å². The van der Waals surface area contributed by atoms with Crippen LogP contribution in [0, 0.1) is 0 Å². The van der Waals surface area contributed by atoms with Crippen LogP contribution in [-0.2, 0) is 4.79 Å². The van der Waals surface area contributed by atoms with E-state index in [1.165, 1.54) is 0 Å². The molecule has 2 heterocycles. The van der Waals surface area contributed by atoms with E-state index in [0.717, 1.165) is 18.5 Å². The number of carbonyl (C=O) groups excluding carboxylic acids is 1. The number of rotatable bonds is 1. The molecule has 1 aliphatic heterocycles. The third-order valence-electron chi connectivity index (χ3n) is 2.68. The summed E-state index contributed by atoms with van der Waals surface area (Å²) in [5.74, 6) is 0.312. The molecule has 1 unspecified atom stereocenters. The Morgan fingerprint density at radius 1 is 1.57 bits per heavy atom. The third-order valence-corrected chi connectivity index (χ3v) is 2.68. The van der Waals surface area contributed by atoms with Crippen LogP contribution in [0.15, 0.2) is 24.5 Å². The Hall–Kier alpha value is -1.22. The van der Waals surface area contributed by atoms with E-state index < -0.39 is 0 Å². The summed E-state index contributed by atoms with van der Waals surface area (Å²) in [5.41, 5.74) is 1.01.